The second-order valence-corrected chi connectivity index (χ2v) is 4.31. The highest BCUT2D eigenvalue weighted by atomic mass is 35.5. The number of hydrogen-bond acceptors (Lipinski definition) is 3. The molecule has 0 radical (unpaired) electrons. The molecule has 0 spiro atoms. The van der Waals surface area contributed by atoms with Crippen molar-refractivity contribution in [2.24, 2.45) is 11.7 Å². The molecule has 16 heavy (non-hydrogen) atoms. The quantitative estimate of drug-likeness (QED) is 0.651. The molecule has 2 atom stereocenters. The van der Waals surface area contributed by atoms with E-state index in [0.717, 1.165) is 6.42 Å². The summed E-state index contributed by atoms with van der Waals surface area (Å²) in [5.41, 5.74) is 6.54. The predicted molar refractivity (Wildman–Crippen MR) is 64.5 cm³/mol. The van der Waals surface area contributed by atoms with Gasteiger partial charge in [0, 0.05) is 22.7 Å². The molecule has 0 bridgehead atoms. The minimum Gasteiger partial charge on any atom is -0.324 e. The van der Waals surface area contributed by atoms with Crippen molar-refractivity contribution in [3.05, 3.63) is 38.9 Å². The lowest BCUT2D eigenvalue weighted by atomic mass is 9.92. The fourth-order valence-corrected chi connectivity index (χ4v) is 1.70. The monoisotopic (exact) mass is 242 g/mol. The first kappa shape index (κ1) is 12.9. The van der Waals surface area contributed by atoms with Gasteiger partial charge in [0.15, 0.2) is 0 Å². The Labute approximate surface area is 99.6 Å². The number of nitro groups is 1. The molecule has 0 amide bonds. The van der Waals surface area contributed by atoms with Crippen molar-refractivity contribution < 1.29 is 4.92 Å². The predicted octanol–water partition coefficient (Wildman–Crippen LogP) is 3.29. The summed E-state index contributed by atoms with van der Waals surface area (Å²) in [6.07, 6.45) is 0.866. The summed E-state index contributed by atoms with van der Waals surface area (Å²) in [5, 5.41) is 11.3. The first-order chi connectivity index (χ1) is 7.47. The second kappa shape index (κ2) is 5.27. The van der Waals surface area contributed by atoms with Gasteiger partial charge in [-0.1, -0.05) is 31.9 Å². The van der Waals surface area contributed by atoms with Crippen LogP contribution in [0.25, 0.3) is 0 Å². The van der Waals surface area contributed by atoms with Crippen LogP contribution < -0.4 is 5.73 Å². The number of halogens is 1. The zero-order chi connectivity index (χ0) is 12.3. The van der Waals surface area contributed by atoms with E-state index in [1.807, 2.05) is 13.8 Å². The summed E-state index contributed by atoms with van der Waals surface area (Å²) in [7, 11) is 0. The lowest BCUT2D eigenvalue weighted by Gasteiger charge is -2.18. The molecule has 1 unspecified atom stereocenters. The van der Waals surface area contributed by atoms with E-state index in [9.17, 15) is 10.1 Å². The zero-order valence-corrected chi connectivity index (χ0v) is 10.1. The van der Waals surface area contributed by atoms with E-state index in [0.29, 0.717) is 10.6 Å². The van der Waals surface area contributed by atoms with Gasteiger partial charge in [0.25, 0.3) is 5.69 Å². The molecule has 88 valence electrons. The van der Waals surface area contributed by atoms with Crippen LogP contribution in [0.1, 0.15) is 31.9 Å². The van der Waals surface area contributed by atoms with Crippen molar-refractivity contribution in [1.82, 2.24) is 0 Å². The van der Waals surface area contributed by atoms with Gasteiger partial charge in [0.1, 0.15) is 0 Å². The summed E-state index contributed by atoms with van der Waals surface area (Å²) in [6, 6.07) is 4.13. The van der Waals surface area contributed by atoms with Crippen LogP contribution in [-0.2, 0) is 0 Å². The number of hydrogen-bond donors (Lipinski definition) is 1. The SMILES string of the molecule is CCC(C)[C@@H](N)c1cc(Cl)ccc1[N+](=O)[O-]. The molecule has 5 heteroatoms. The first-order valence-corrected chi connectivity index (χ1v) is 5.54. The van der Waals surface area contributed by atoms with E-state index in [2.05, 4.69) is 0 Å². The standard InChI is InChI=1S/C11H15ClN2O2/c1-3-7(2)11(13)9-6-8(12)4-5-10(9)14(15)16/h4-7,11H,3,13H2,1-2H3/t7?,11-/m1/s1. The van der Waals surface area contributed by atoms with Crippen LogP contribution in [-0.4, -0.2) is 4.92 Å². The van der Waals surface area contributed by atoms with Crippen LogP contribution in [0.3, 0.4) is 0 Å². The van der Waals surface area contributed by atoms with Crippen LogP contribution in [0.4, 0.5) is 5.69 Å². The van der Waals surface area contributed by atoms with Crippen LogP contribution in [0.15, 0.2) is 18.2 Å². The average Bonchev–Trinajstić information content (AvgIpc) is 2.26. The van der Waals surface area contributed by atoms with E-state index in [4.69, 9.17) is 17.3 Å². The van der Waals surface area contributed by atoms with Crippen LogP contribution in [0.2, 0.25) is 5.02 Å². The van der Waals surface area contributed by atoms with Gasteiger partial charge in [-0.2, -0.15) is 0 Å². The number of nitrogens with zero attached hydrogens (tertiary/aromatic N) is 1. The first-order valence-electron chi connectivity index (χ1n) is 5.16. The van der Waals surface area contributed by atoms with Crippen molar-refractivity contribution in [2.45, 2.75) is 26.3 Å². The van der Waals surface area contributed by atoms with Gasteiger partial charge in [0.05, 0.1) is 4.92 Å². The minimum absolute atomic E-state index is 0.0391. The summed E-state index contributed by atoms with van der Waals surface area (Å²) in [4.78, 5) is 10.4. The normalized spacial score (nSPS) is 14.5. The lowest BCUT2D eigenvalue weighted by Crippen LogP contribution is -2.19. The molecule has 0 aliphatic heterocycles. The molecule has 0 fully saturated rings. The highest BCUT2D eigenvalue weighted by Crippen LogP contribution is 2.31. The fourth-order valence-electron chi connectivity index (χ4n) is 1.52. The Morgan fingerprint density at radius 2 is 2.19 bits per heavy atom. The minimum atomic E-state index is -0.423. The van der Waals surface area contributed by atoms with E-state index in [1.54, 1.807) is 6.07 Å². The van der Waals surface area contributed by atoms with Gasteiger partial charge in [-0.05, 0) is 18.1 Å². The highest BCUT2D eigenvalue weighted by Gasteiger charge is 2.22. The maximum atomic E-state index is 10.9. The van der Waals surface area contributed by atoms with Gasteiger partial charge in [-0.3, -0.25) is 10.1 Å². The third kappa shape index (κ3) is 2.71. The highest BCUT2D eigenvalue weighted by molar-refractivity contribution is 6.30. The van der Waals surface area contributed by atoms with Gasteiger partial charge < -0.3 is 5.73 Å². The van der Waals surface area contributed by atoms with E-state index in [-0.39, 0.29) is 17.6 Å². The fraction of sp³-hybridized carbons (Fsp3) is 0.455. The molecule has 2 N–H and O–H groups in total. The Kier molecular flexibility index (Phi) is 4.26. The molecule has 0 saturated heterocycles. The van der Waals surface area contributed by atoms with Gasteiger partial charge in [-0.15, -0.1) is 0 Å². The molecule has 1 aromatic rings. The van der Waals surface area contributed by atoms with Crippen molar-refractivity contribution in [3.8, 4) is 0 Å². The maximum Gasteiger partial charge on any atom is 0.274 e. The summed E-state index contributed by atoms with van der Waals surface area (Å²) >= 11 is 5.84. The molecular weight excluding hydrogens is 228 g/mol. The van der Waals surface area contributed by atoms with Gasteiger partial charge >= 0.3 is 0 Å². The van der Waals surface area contributed by atoms with Crippen LogP contribution >= 0.6 is 11.6 Å². The average molecular weight is 243 g/mol. The zero-order valence-electron chi connectivity index (χ0n) is 9.31. The third-order valence-corrected chi connectivity index (χ3v) is 3.04. The van der Waals surface area contributed by atoms with E-state index in [1.165, 1.54) is 12.1 Å². The Bertz CT molecular complexity index is 396. The third-order valence-electron chi connectivity index (χ3n) is 2.80. The van der Waals surface area contributed by atoms with E-state index >= 15 is 0 Å². The molecule has 0 aliphatic carbocycles. The molecule has 1 aromatic carbocycles. The van der Waals surface area contributed by atoms with Gasteiger partial charge in [0.2, 0.25) is 0 Å². The van der Waals surface area contributed by atoms with Crippen molar-refractivity contribution in [2.75, 3.05) is 0 Å². The van der Waals surface area contributed by atoms with Gasteiger partial charge in [-0.25, -0.2) is 0 Å². The molecule has 4 nitrogen and oxygen atoms in total. The summed E-state index contributed by atoms with van der Waals surface area (Å²) < 4.78 is 0. The second-order valence-electron chi connectivity index (χ2n) is 3.87. The topological polar surface area (TPSA) is 69.2 Å². The maximum absolute atomic E-state index is 10.9. The largest absolute Gasteiger partial charge is 0.324 e. The van der Waals surface area contributed by atoms with Crippen molar-refractivity contribution >= 4 is 17.3 Å². The number of nitro benzene ring substituents is 1. The Balaban J connectivity index is 3.19. The molecule has 1 rings (SSSR count). The number of nitrogens with two attached hydrogens (primary N) is 1. The summed E-state index contributed by atoms with van der Waals surface area (Å²) in [6.45, 7) is 3.97. The van der Waals surface area contributed by atoms with Crippen molar-refractivity contribution in [1.29, 1.82) is 0 Å². The molecule has 0 saturated carbocycles. The molecule has 0 aliphatic rings. The smallest absolute Gasteiger partial charge is 0.274 e. The van der Waals surface area contributed by atoms with Crippen LogP contribution in [0, 0.1) is 16.0 Å². The number of benzene rings is 1. The van der Waals surface area contributed by atoms with E-state index < -0.39 is 4.92 Å². The Morgan fingerprint density at radius 1 is 1.56 bits per heavy atom. The van der Waals surface area contributed by atoms with Crippen molar-refractivity contribution in [3.63, 3.8) is 0 Å². The van der Waals surface area contributed by atoms with Crippen LogP contribution in [0.5, 0.6) is 0 Å². The Morgan fingerprint density at radius 3 is 2.69 bits per heavy atom. The molecule has 0 aromatic heterocycles. The number of rotatable bonds is 4. The molecular formula is C11H15ClN2O2. The Hall–Kier alpha value is -1.13. The lowest BCUT2D eigenvalue weighted by molar-refractivity contribution is -0.385. The molecule has 0 heterocycles. The summed E-state index contributed by atoms with van der Waals surface area (Å²) in [5.74, 6) is 0.178.